The van der Waals surface area contributed by atoms with Gasteiger partial charge in [-0.25, -0.2) is 9.59 Å². The number of carbonyl (C=O) groups is 2. The number of ether oxygens (including phenoxy) is 2. The van der Waals surface area contributed by atoms with Crippen LogP contribution in [0.5, 0.6) is 0 Å². The SMILES string of the molecule is COC(=O)C=C(C)CCC1(C)C(C)CC(OC(=O)C2(C)N=NCC2C)C2(C)C(C)=CCCC12. The highest BCUT2D eigenvalue weighted by atomic mass is 16.5. The lowest BCUT2D eigenvalue weighted by atomic mass is 9.46. The van der Waals surface area contributed by atoms with Crippen LogP contribution in [0.2, 0.25) is 0 Å². The van der Waals surface area contributed by atoms with Crippen molar-refractivity contribution in [1.82, 2.24) is 0 Å². The largest absolute Gasteiger partial charge is 0.466 e. The third-order valence-corrected chi connectivity index (χ3v) is 9.52. The minimum Gasteiger partial charge on any atom is -0.466 e. The molecule has 1 saturated carbocycles. The summed E-state index contributed by atoms with van der Waals surface area (Å²) in [5, 5.41) is 8.40. The van der Waals surface area contributed by atoms with Crippen molar-refractivity contribution >= 4 is 11.9 Å². The van der Waals surface area contributed by atoms with Gasteiger partial charge in [0.25, 0.3) is 0 Å². The zero-order valence-electron chi connectivity index (χ0n) is 21.7. The molecule has 184 valence electrons. The van der Waals surface area contributed by atoms with Crippen LogP contribution in [0, 0.1) is 28.6 Å². The van der Waals surface area contributed by atoms with E-state index in [9.17, 15) is 9.59 Å². The molecule has 0 bridgehead atoms. The van der Waals surface area contributed by atoms with Gasteiger partial charge in [0.2, 0.25) is 0 Å². The number of esters is 2. The number of carbonyl (C=O) groups excluding carboxylic acids is 2. The summed E-state index contributed by atoms with van der Waals surface area (Å²) < 4.78 is 11.1. The fraction of sp³-hybridized carbons (Fsp3) is 0.778. The predicted molar refractivity (Wildman–Crippen MR) is 129 cm³/mol. The third kappa shape index (κ3) is 4.42. The molecule has 2 aliphatic carbocycles. The molecule has 7 atom stereocenters. The molecule has 1 fully saturated rings. The number of fused-ring (bicyclic) bond motifs is 1. The van der Waals surface area contributed by atoms with E-state index in [1.807, 2.05) is 20.8 Å². The first-order valence-corrected chi connectivity index (χ1v) is 12.4. The van der Waals surface area contributed by atoms with Gasteiger partial charge in [0.1, 0.15) is 6.10 Å². The average Bonchev–Trinajstić information content (AvgIpc) is 3.11. The molecule has 7 unspecified atom stereocenters. The van der Waals surface area contributed by atoms with Crippen LogP contribution >= 0.6 is 0 Å². The summed E-state index contributed by atoms with van der Waals surface area (Å²) >= 11 is 0. The Morgan fingerprint density at radius 3 is 2.52 bits per heavy atom. The van der Waals surface area contributed by atoms with Crippen molar-refractivity contribution in [1.29, 1.82) is 0 Å². The summed E-state index contributed by atoms with van der Waals surface area (Å²) in [6, 6.07) is 0. The van der Waals surface area contributed by atoms with Crippen molar-refractivity contribution in [3.8, 4) is 0 Å². The summed E-state index contributed by atoms with van der Waals surface area (Å²) in [5.74, 6) is 0.271. The Bertz CT molecular complexity index is 877. The van der Waals surface area contributed by atoms with Gasteiger partial charge in [-0.2, -0.15) is 10.2 Å². The van der Waals surface area contributed by atoms with E-state index in [0.717, 1.165) is 37.7 Å². The van der Waals surface area contributed by atoms with Gasteiger partial charge in [0.15, 0.2) is 5.54 Å². The standard InChI is InChI=1S/C27H42N2O4/c1-17(14-23(30)32-8)12-13-25(5)19(3)15-22(26(6)18(2)10-9-11-21(25)26)33-24(31)27(7)20(4)16-28-29-27/h10,14,19-22H,9,11-13,15-16H2,1-8H3. The van der Waals surface area contributed by atoms with Crippen molar-refractivity contribution < 1.29 is 19.1 Å². The molecule has 0 radical (unpaired) electrons. The number of hydrogen-bond acceptors (Lipinski definition) is 6. The Labute approximate surface area is 199 Å². The van der Waals surface area contributed by atoms with Gasteiger partial charge >= 0.3 is 11.9 Å². The molecular formula is C27H42N2O4. The predicted octanol–water partition coefficient (Wildman–Crippen LogP) is 6.07. The second-order valence-corrected chi connectivity index (χ2v) is 11.3. The summed E-state index contributed by atoms with van der Waals surface area (Å²) in [4.78, 5) is 25.0. The van der Waals surface area contributed by atoms with Crippen molar-refractivity contribution in [3.63, 3.8) is 0 Å². The molecular weight excluding hydrogens is 416 g/mol. The number of hydrogen-bond donors (Lipinski definition) is 0. The molecule has 6 heteroatoms. The van der Waals surface area contributed by atoms with E-state index >= 15 is 0 Å². The molecule has 0 amide bonds. The number of methoxy groups -OCH3 is 1. The molecule has 0 saturated heterocycles. The van der Waals surface area contributed by atoms with Gasteiger partial charge in [0.05, 0.1) is 13.7 Å². The first-order valence-electron chi connectivity index (χ1n) is 12.4. The minimum absolute atomic E-state index is 0.0486. The number of rotatable bonds is 6. The van der Waals surface area contributed by atoms with Crippen molar-refractivity contribution in [2.75, 3.05) is 13.7 Å². The highest BCUT2D eigenvalue weighted by Crippen LogP contribution is 2.62. The molecule has 3 rings (SSSR count). The molecule has 1 heterocycles. The van der Waals surface area contributed by atoms with Crippen LogP contribution in [0.1, 0.15) is 80.6 Å². The summed E-state index contributed by atoms with van der Waals surface area (Å²) in [7, 11) is 1.41. The Morgan fingerprint density at radius 2 is 1.91 bits per heavy atom. The zero-order valence-corrected chi connectivity index (χ0v) is 21.7. The van der Waals surface area contributed by atoms with Crippen molar-refractivity contribution in [2.24, 2.45) is 38.8 Å². The fourth-order valence-electron chi connectivity index (χ4n) is 6.40. The maximum Gasteiger partial charge on any atom is 0.336 e. The maximum absolute atomic E-state index is 13.3. The lowest BCUT2D eigenvalue weighted by molar-refractivity contribution is -0.182. The van der Waals surface area contributed by atoms with Crippen molar-refractivity contribution in [3.05, 3.63) is 23.3 Å². The van der Waals surface area contributed by atoms with Gasteiger partial charge in [-0.05, 0) is 70.1 Å². The summed E-state index contributed by atoms with van der Waals surface area (Å²) in [6.07, 6.45) is 8.55. The number of azo groups is 1. The third-order valence-electron chi connectivity index (χ3n) is 9.52. The second-order valence-electron chi connectivity index (χ2n) is 11.3. The van der Waals surface area contributed by atoms with E-state index in [0.29, 0.717) is 18.4 Å². The highest BCUT2D eigenvalue weighted by molar-refractivity contribution is 5.82. The first kappa shape index (κ1) is 25.6. The topological polar surface area (TPSA) is 77.3 Å². The lowest BCUT2D eigenvalue weighted by Crippen LogP contribution is -2.58. The van der Waals surface area contributed by atoms with Crippen LogP contribution in [0.3, 0.4) is 0 Å². The Hall–Kier alpha value is -1.98. The first-order chi connectivity index (χ1) is 15.4. The van der Waals surface area contributed by atoms with Gasteiger partial charge < -0.3 is 9.47 Å². The number of allylic oxidation sites excluding steroid dienone is 2. The molecule has 0 aromatic rings. The Morgan fingerprint density at radius 1 is 1.21 bits per heavy atom. The van der Waals surface area contributed by atoms with Crippen LogP contribution < -0.4 is 0 Å². The Kier molecular flexibility index (Phi) is 7.26. The summed E-state index contributed by atoms with van der Waals surface area (Å²) in [5.41, 5.74) is 1.33. The van der Waals surface area contributed by atoms with E-state index in [2.05, 4.69) is 44.0 Å². The molecule has 3 aliphatic rings. The monoisotopic (exact) mass is 458 g/mol. The molecule has 0 N–H and O–H groups in total. The smallest absolute Gasteiger partial charge is 0.336 e. The second kappa shape index (κ2) is 9.34. The molecule has 1 aliphatic heterocycles. The van der Waals surface area contributed by atoms with Gasteiger partial charge in [-0.1, -0.05) is 44.9 Å². The normalized spacial score (nSPS) is 40.7. The van der Waals surface area contributed by atoms with Gasteiger partial charge in [0, 0.05) is 17.4 Å². The average molecular weight is 459 g/mol. The molecule has 6 nitrogen and oxygen atoms in total. The van der Waals surface area contributed by atoms with Crippen LogP contribution in [0.25, 0.3) is 0 Å². The van der Waals surface area contributed by atoms with E-state index in [1.54, 1.807) is 6.08 Å². The van der Waals surface area contributed by atoms with Crippen LogP contribution in [0.4, 0.5) is 0 Å². The minimum atomic E-state index is -0.891. The molecule has 0 aromatic heterocycles. The van der Waals surface area contributed by atoms with E-state index in [1.165, 1.54) is 12.7 Å². The van der Waals surface area contributed by atoms with Crippen LogP contribution in [-0.2, 0) is 19.1 Å². The van der Waals surface area contributed by atoms with E-state index in [4.69, 9.17) is 9.47 Å². The van der Waals surface area contributed by atoms with Crippen LogP contribution in [0.15, 0.2) is 33.5 Å². The lowest BCUT2D eigenvalue weighted by Gasteiger charge is -2.60. The quantitative estimate of drug-likeness (QED) is 0.275. The Balaban J connectivity index is 1.88. The molecule has 33 heavy (non-hydrogen) atoms. The van der Waals surface area contributed by atoms with Gasteiger partial charge in [-0.15, -0.1) is 0 Å². The highest BCUT2D eigenvalue weighted by Gasteiger charge is 2.59. The zero-order chi connectivity index (χ0) is 24.6. The van der Waals surface area contributed by atoms with Gasteiger partial charge in [-0.3, -0.25) is 0 Å². The summed E-state index contributed by atoms with van der Waals surface area (Å²) in [6.45, 7) is 15.6. The van der Waals surface area contributed by atoms with E-state index < -0.39 is 5.54 Å². The molecule has 0 spiro atoms. The maximum atomic E-state index is 13.3. The molecule has 0 aromatic carbocycles. The fourth-order valence-corrected chi connectivity index (χ4v) is 6.40. The van der Waals surface area contributed by atoms with Crippen LogP contribution in [-0.4, -0.2) is 37.2 Å². The van der Waals surface area contributed by atoms with Crippen molar-refractivity contribution in [2.45, 2.75) is 92.2 Å². The van der Waals surface area contributed by atoms with E-state index in [-0.39, 0.29) is 34.8 Å². The number of nitrogens with zero attached hydrogens (tertiary/aromatic N) is 2.